The summed E-state index contributed by atoms with van der Waals surface area (Å²) in [5.74, 6) is 0. The number of hydrogen-bond donors (Lipinski definition) is 1. The molecule has 1 fully saturated rings. The van der Waals surface area contributed by atoms with E-state index in [0.29, 0.717) is 12.5 Å². The van der Waals surface area contributed by atoms with Gasteiger partial charge >= 0.3 is 0 Å². The Bertz CT molecular complexity index is 261. The lowest BCUT2D eigenvalue weighted by molar-refractivity contribution is 0.166. The number of piperidine rings is 1. The van der Waals surface area contributed by atoms with Gasteiger partial charge in [0.15, 0.2) is 0 Å². The summed E-state index contributed by atoms with van der Waals surface area (Å²) in [5, 5.41) is 12.2. The Labute approximate surface area is 113 Å². The van der Waals surface area contributed by atoms with Crippen LogP contribution in [0.25, 0.3) is 0 Å². The number of rotatable bonds is 7. The fourth-order valence-corrected chi connectivity index (χ4v) is 2.59. The topological polar surface area (TPSA) is 39.1 Å². The molecule has 0 aromatic heterocycles. The van der Waals surface area contributed by atoms with E-state index in [0.717, 1.165) is 19.5 Å². The molecule has 3 heteroatoms. The van der Waals surface area contributed by atoms with Gasteiger partial charge < -0.3 is 5.32 Å². The van der Waals surface area contributed by atoms with Crippen molar-refractivity contribution < 1.29 is 0 Å². The summed E-state index contributed by atoms with van der Waals surface area (Å²) in [6.45, 7) is 11.4. The van der Waals surface area contributed by atoms with Crippen LogP contribution in [0.4, 0.5) is 0 Å². The van der Waals surface area contributed by atoms with Crippen molar-refractivity contribution in [2.75, 3.05) is 26.2 Å². The van der Waals surface area contributed by atoms with Gasteiger partial charge in [-0.15, -0.1) is 0 Å². The minimum atomic E-state index is 0.233. The predicted molar refractivity (Wildman–Crippen MR) is 76.4 cm³/mol. The molecule has 1 saturated heterocycles. The number of likely N-dealkylation sites (tertiary alicyclic amines) is 1. The molecule has 0 bridgehead atoms. The van der Waals surface area contributed by atoms with Gasteiger partial charge in [-0.05, 0) is 44.7 Å². The maximum atomic E-state index is 8.64. The van der Waals surface area contributed by atoms with E-state index in [-0.39, 0.29) is 5.41 Å². The summed E-state index contributed by atoms with van der Waals surface area (Å²) in [6.07, 6.45) is 5.76. The molecule has 1 N–H and O–H groups in total. The number of nitriles is 1. The molecule has 0 spiro atoms. The zero-order valence-corrected chi connectivity index (χ0v) is 12.3. The van der Waals surface area contributed by atoms with E-state index in [9.17, 15) is 0 Å². The van der Waals surface area contributed by atoms with Crippen molar-refractivity contribution in [1.29, 1.82) is 5.26 Å². The fraction of sp³-hybridized carbons (Fsp3) is 0.933. The van der Waals surface area contributed by atoms with E-state index in [2.05, 4.69) is 37.1 Å². The monoisotopic (exact) mass is 251 g/mol. The molecule has 0 aliphatic carbocycles. The van der Waals surface area contributed by atoms with Crippen LogP contribution in [0.15, 0.2) is 0 Å². The minimum Gasteiger partial charge on any atom is -0.315 e. The highest BCUT2D eigenvalue weighted by molar-refractivity contribution is 4.80. The van der Waals surface area contributed by atoms with Gasteiger partial charge in [0, 0.05) is 25.6 Å². The lowest BCUT2D eigenvalue weighted by Crippen LogP contribution is -2.44. The van der Waals surface area contributed by atoms with Gasteiger partial charge in [0.1, 0.15) is 0 Å². The van der Waals surface area contributed by atoms with Crippen LogP contribution in [0.5, 0.6) is 0 Å². The Morgan fingerprint density at radius 2 is 1.94 bits per heavy atom. The van der Waals surface area contributed by atoms with Gasteiger partial charge in [-0.25, -0.2) is 0 Å². The van der Waals surface area contributed by atoms with Crippen LogP contribution in [0.3, 0.4) is 0 Å². The van der Waals surface area contributed by atoms with E-state index in [1.54, 1.807) is 0 Å². The molecule has 104 valence electrons. The van der Waals surface area contributed by atoms with E-state index in [1.165, 1.54) is 32.4 Å². The van der Waals surface area contributed by atoms with Crippen molar-refractivity contribution in [1.82, 2.24) is 10.2 Å². The van der Waals surface area contributed by atoms with Gasteiger partial charge in [-0.1, -0.05) is 20.3 Å². The predicted octanol–water partition coefficient (Wildman–Crippen LogP) is 2.78. The minimum absolute atomic E-state index is 0.233. The molecule has 1 unspecified atom stereocenters. The molecule has 0 aromatic carbocycles. The number of nitrogens with zero attached hydrogens (tertiary/aromatic N) is 2. The van der Waals surface area contributed by atoms with Gasteiger partial charge in [-0.2, -0.15) is 5.26 Å². The average Bonchev–Trinajstić information content (AvgIpc) is 2.37. The SMILES string of the molecule is CC(CNCC(C)(C)CCC#N)N1CCCCC1. The Kier molecular flexibility index (Phi) is 6.67. The maximum Gasteiger partial charge on any atom is 0.0621 e. The third-order valence-corrected chi connectivity index (χ3v) is 3.97. The normalized spacial score (nSPS) is 19.4. The molecule has 18 heavy (non-hydrogen) atoms. The third kappa shape index (κ3) is 5.84. The summed E-state index contributed by atoms with van der Waals surface area (Å²) in [4.78, 5) is 2.60. The highest BCUT2D eigenvalue weighted by atomic mass is 15.2. The Hall–Kier alpha value is -0.590. The Morgan fingerprint density at radius 1 is 1.28 bits per heavy atom. The summed E-state index contributed by atoms with van der Waals surface area (Å²) < 4.78 is 0. The lowest BCUT2D eigenvalue weighted by atomic mass is 9.88. The molecular weight excluding hydrogens is 222 g/mol. The maximum absolute atomic E-state index is 8.64. The largest absolute Gasteiger partial charge is 0.315 e. The summed E-state index contributed by atoms with van der Waals surface area (Å²) >= 11 is 0. The molecule has 0 amide bonds. The smallest absolute Gasteiger partial charge is 0.0621 e. The number of nitrogens with one attached hydrogen (secondary N) is 1. The molecule has 1 aliphatic heterocycles. The van der Waals surface area contributed by atoms with E-state index in [4.69, 9.17) is 5.26 Å². The zero-order chi connectivity index (χ0) is 13.4. The fourth-order valence-electron chi connectivity index (χ4n) is 2.59. The van der Waals surface area contributed by atoms with Gasteiger partial charge in [0.05, 0.1) is 6.07 Å². The standard InChI is InChI=1S/C15H29N3/c1-14(18-10-5-4-6-11-18)12-17-13-15(2,3)8-7-9-16/h14,17H,4-8,10-13H2,1-3H3. The molecule has 0 saturated carbocycles. The molecule has 0 aromatic rings. The first-order valence-corrected chi connectivity index (χ1v) is 7.37. The van der Waals surface area contributed by atoms with Crippen LogP contribution >= 0.6 is 0 Å². The van der Waals surface area contributed by atoms with E-state index < -0.39 is 0 Å². The first-order valence-electron chi connectivity index (χ1n) is 7.37. The summed E-state index contributed by atoms with van der Waals surface area (Å²) in [7, 11) is 0. The summed E-state index contributed by atoms with van der Waals surface area (Å²) in [5.41, 5.74) is 0.233. The highest BCUT2D eigenvalue weighted by Gasteiger charge is 2.19. The van der Waals surface area contributed by atoms with Crippen LogP contribution in [-0.4, -0.2) is 37.1 Å². The van der Waals surface area contributed by atoms with E-state index >= 15 is 0 Å². The van der Waals surface area contributed by atoms with Crippen LogP contribution in [-0.2, 0) is 0 Å². The van der Waals surface area contributed by atoms with Crippen molar-refractivity contribution in [3.05, 3.63) is 0 Å². The first-order chi connectivity index (χ1) is 8.55. The van der Waals surface area contributed by atoms with Crippen molar-refractivity contribution in [2.45, 2.75) is 58.9 Å². The Morgan fingerprint density at radius 3 is 2.56 bits per heavy atom. The zero-order valence-electron chi connectivity index (χ0n) is 12.3. The lowest BCUT2D eigenvalue weighted by Gasteiger charge is -2.33. The van der Waals surface area contributed by atoms with Crippen LogP contribution in [0.1, 0.15) is 52.9 Å². The molecule has 1 atom stereocenters. The van der Waals surface area contributed by atoms with Crippen LogP contribution in [0, 0.1) is 16.7 Å². The van der Waals surface area contributed by atoms with Crippen molar-refractivity contribution in [3.63, 3.8) is 0 Å². The van der Waals surface area contributed by atoms with Gasteiger partial charge in [0.25, 0.3) is 0 Å². The van der Waals surface area contributed by atoms with Crippen molar-refractivity contribution >= 4 is 0 Å². The van der Waals surface area contributed by atoms with Crippen molar-refractivity contribution in [3.8, 4) is 6.07 Å². The average molecular weight is 251 g/mol. The second-order valence-corrected chi connectivity index (χ2v) is 6.40. The first kappa shape index (κ1) is 15.5. The number of hydrogen-bond acceptors (Lipinski definition) is 3. The van der Waals surface area contributed by atoms with Crippen LogP contribution in [0.2, 0.25) is 0 Å². The molecular formula is C15H29N3. The Balaban J connectivity index is 2.17. The van der Waals surface area contributed by atoms with Crippen molar-refractivity contribution in [2.24, 2.45) is 5.41 Å². The molecule has 1 rings (SSSR count). The molecule has 3 nitrogen and oxygen atoms in total. The van der Waals surface area contributed by atoms with Gasteiger partial charge in [-0.3, -0.25) is 4.90 Å². The van der Waals surface area contributed by atoms with Gasteiger partial charge in [0.2, 0.25) is 0 Å². The second-order valence-electron chi connectivity index (χ2n) is 6.40. The molecule has 1 heterocycles. The second kappa shape index (κ2) is 7.76. The molecule has 0 radical (unpaired) electrons. The summed E-state index contributed by atoms with van der Waals surface area (Å²) in [6, 6.07) is 2.87. The molecule has 1 aliphatic rings. The third-order valence-electron chi connectivity index (χ3n) is 3.97. The van der Waals surface area contributed by atoms with Crippen LogP contribution < -0.4 is 5.32 Å². The van der Waals surface area contributed by atoms with E-state index in [1.807, 2.05) is 0 Å². The highest BCUT2D eigenvalue weighted by Crippen LogP contribution is 2.20. The quantitative estimate of drug-likeness (QED) is 0.756.